The molecule has 0 saturated heterocycles. The van der Waals surface area contributed by atoms with Gasteiger partial charge in [0, 0.05) is 12.2 Å². The van der Waals surface area contributed by atoms with Gasteiger partial charge in [0.05, 0.1) is 11.8 Å². The van der Waals surface area contributed by atoms with E-state index in [9.17, 15) is 17.1 Å². The van der Waals surface area contributed by atoms with Crippen LogP contribution in [0.15, 0.2) is 18.5 Å². The Kier molecular flexibility index (Phi) is 3.98. The predicted molar refractivity (Wildman–Crippen MR) is 64.6 cm³/mol. The van der Waals surface area contributed by atoms with Gasteiger partial charge in [0.1, 0.15) is 0 Å². The second-order valence-electron chi connectivity index (χ2n) is 4.34. The number of pyridine rings is 1. The van der Waals surface area contributed by atoms with Crippen molar-refractivity contribution >= 4 is 16.4 Å². The largest absolute Gasteiger partial charge is 0.488 e. The highest BCUT2D eigenvalue weighted by atomic mass is 32.3. The molecule has 0 atom stereocenters. The van der Waals surface area contributed by atoms with Crippen molar-refractivity contribution in [3.05, 3.63) is 24.0 Å². The number of rotatable bonds is 4. The number of amides is 1. The number of halogens is 1. The van der Waals surface area contributed by atoms with Crippen LogP contribution in [0.5, 0.6) is 5.75 Å². The van der Waals surface area contributed by atoms with E-state index >= 15 is 0 Å². The van der Waals surface area contributed by atoms with E-state index in [2.05, 4.69) is 14.5 Å². The molecule has 0 aromatic carbocycles. The second-order valence-corrected chi connectivity index (χ2v) is 5.29. The fourth-order valence-electron chi connectivity index (χ4n) is 2.04. The summed E-state index contributed by atoms with van der Waals surface area (Å²) in [4.78, 5) is 15.5. The normalized spacial score (nSPS) is 16.3. The first-order chi connectivity index (χ1) is 8.94. The third-order valence-corrected chi connectivity index (χ3v) is 3.25. The van der Waals surface area contributed by atoms with Gasteiger partial charge in [0.2, 0.25) is 0 Å². The Labute approximate surface area is 110 Å². The fourth-order valence-corrected chi connectivity index (χ4v) is 2.36. The van der Waals surface area contributed by atoms with Crippen molar-refractivity contribution in [1.29, 1.82) is 0 Å². The van der Waals surface area contributed by atoms with Crippen molar-refractivity contribution in [2.45, 2.75) is 31.7 Å². The van der Waals surface area contributed by atoms with Gasteiger partial charge in [-0.25, -0.2) is 0 Å². The Hall–Kier alpha value is -1.70. The number of nitrogens with zero attached hydrogens (tertiary/aromatic N) is 1. The van der Waals surface area contributed by atoms with E-state index in [4.69, 9.17) is 0 Å². The molecular weight excluding hydrogens is 275 g/mol. The van der Waals surface area contributed by atoms with Crippen LogP contribution in [0, 0.1) is 0 Å². The van der Waals surface area contributed by atoms with E-state index in [1.807, 2.05) is 0 Å². The van der Waals surface area contributed by atoms with Gasteiger partial charge in [-0.3, -0.25) is 9.78 Å². The molecule has 1 amide bonds. The van der Waals surface area contributed by atoms with Crippen molar-refractivity contribution in [3.8, 4) is 5.75 Å². The van der Waals surface area contributed by atoms with Crippen LogP contribution < -0.4 is 9.50 Å². The zero-order valence-electron chi connectivity index (χ0n) is 10.0. The van der Waals surface area contributed by atoms with Gasteiger partial charge in [-0.15, -0.1) is 0 Å². The maximum Gasteiger partial charge on any atom is 0.488 e. The molecule has 1 aromatic heterocycles. The highest BCUT2D eigenvalue weighted by molar-refractivity contribution is 7.81. The molecule has 0 aliphatic heterocycles. The standard InChI is InChI=1S/C11H13FN2O4S/c12-19(16,17)18-10-5-8(6-13-7-10)11(15)14-9-3-1-2-4-9/h5-7,9H,1-4H2,(H,14,15). The number of nitrogens with one attached hydrogen (secondary N) is 1. The average Bonchev–Trinajstić information content (AvgIpc) is 2.80. The minimum absolute atomic E-state index is 0.127. The van der Waals surface area contributed by atoms with Gasteiger partial charge in [0.25, 0.3) is 5.91 Å². The molecule has 0 spiro atoms. The van der Waals surface area contributed by atoms with Gasteiger partial charge in [0.15, 0.2) is 5.75 Å². The molecule has 1 fully saturated rings. The van der Waals surface area contributed by atoms with E-state index in [1.165, 1.54) is 6.20 Å². The number of hydrogen-bond donors (Lipinski definition) is 1. The fraction of sp³-hybridized carbons (Fsp3) is 0.455. The van der Waals surface area contributed by atoms with Crippen molar-refractivity contribution < 1.29 is 21.3 Å². The number of carbonyl (C=O) groups excluding carboxylic acids is 1. The van der Waals surface area contributed by atoms with Crippen LogP contribution in [-0.2, 0) is 10.5 Å². The summed E-state index contributed by atoms with van der Waals surface area (Å²) in [5, 5.41) is 2.81. The van der Waals surface area contributed by atoms with E-state index in [1.54, 1.807) is 0 Å². The molecule has 0 radical (unpaired) electrons. The van der Waals surface area contributed by atoms with Crippen molar-refractivity contribution in [2.75, 3.05) is 0 Å². The first kappa shape index (κ1) is 13.7. The molecule has 1 N–H and O–H groups in total. The topological polar surface area (TPSA) is 85.4 Å². The number of hydrogen-bond acceptors (Lipinski definition) is 5. The van der Waals surface area contributed by atoms with E-state index < -0.39 is 10.5 Å². The molecule has 2 rings (SSSR count). The Morgan fingerprint density at radius 2 is 2.05 bits per heavy atom. The maximum absolute atomic E-state index is 12.4. The van der Waals surface area contributed by atoms with Crippen molar-refractivity contribution in [2.24, 2.45) is 0 Å². The van der Waals surface area contributed by atoms with Gasteiger partial charge >= 0.3 is 10.5 Å². The van der Waals surface area contributed by atoms with Crippen LogP contribution in [0.3, 0.4) is 0 Å². The lowest BCUT2D eigenvalue weighted by molar-refractivity contribution is 0.0937. The zero-order valence-corrected chi connectivity index (χ0v) is 10.8. The molecular formula is C11H13FN2O4S. The quantitative estimate of drug-likeness (QED) is 0.845. The molecule has 0 unspecified atom stereocenters. The molecule has 104 valence electrons. The van der Waals surface area contributed by atoms with Crippen molar-refractivity contribution in [1.82, 2.24) is 10.3 Å². The number of aromatic nitrogens is 1. The van der Waals surface area contributed by atoms with E-state index in [-0.39, 0.29) is 23.3 Å². The van der Waals surface area contributed by atoms with Crippen LogP contribution in [0.25, 0.3) is 0 Å². The molecule has 1 saturated carbocycles. The van der Waals surface area contributed by atoms with Gasteiger partial charge < -0.3 is 9.50 Å². The summed E-state index contributed by atoms with van der Waals surface area (Å²) in [5.74, 6) is -0.706. The molecule has 19 heavy (non-hydrogen) atoms. The smallest absolute Gasteiger partial charge is 0.357 e. The van der Waals surface area contributed by atoms with Crippen LogP contribution >= 0.6 is 0 Å². The summed E-state index contributed by atoms with van der Waals surface area (Å²) in [7, 11) is -5.11. The Bertz CT molecular complexity index is 570. The summed E-state index contributed by atoms with van der Waals surface area (Å²) < 4.78 is 37.1. The minimum atomic E-state index is -5.11. The Morgan fingerprint density at radius 3 is 2.68 bits per heavy atom. The van der Waals surface area contributed by atoms with Crippen LogP contribution in [0.4, 0.5) is 3.89 Å². The summed E-state index contributed by atoms with van der Waals surface area (Å²) in [6.45, 7) is 0. The third-order valence-electron chi connectivity index (χ3n) is 2.86. The highest BCUT2D eigenvalue weighted by Gasteiger charge is 2.19. The van der Waals surface area contributed by atoms with E-state index in [0.717, 1.165) is 37.9 Å². The SMILES string of the molecule is O=C(NC1CCCC1)c1cncc(OS(=O)(=O)F)c1. The van der Waals surface area contributed by atoms with Crippen LogP contribution in [0.1, 0.15) is 36.0 Å². The predicted octanol–water partition coefficient (Wildman–Crippen LogP) is 1.35. The zero-order chi connectivity index (χ0) is 13.9. The molecule has 1 aromatic rings. The summed E-state index contributed by atoms with van der Waals surface area (Å²) >= 11 is 0. The molecule has 0 bridgehead atoms. The third kappa shape index (κ3) is 4.16. The monoisotopic (exact) mass is 288 g/mol. The number of carbonyl (C=O) groups is 1. The Morgan fingerprint density at radius 1 is 1.37 bits per heavy atom. The van der Waals surface area contributed by atoms with Crippen LogP contribution in [-0.4, -0.2) is 25.4 Å². The lowest BCUT2D eigenvalue weighted by atomic mass is 10.2. The minimum Gasteiger partial charge on any atom is -0.357 e. The first-order valence-corrected chi connectivity index (χ1v) is 7.15. The summed E-state index contributed by atoms with van der Waals surface area (Å²) in [5.41, 5.74) is 0.132. The molecule has 6 nitrogen and oxygen atoms in total. The lowest BCUT2D eigenvalue weighted by Gasteiger charge is -2.11. The average molecular weight is 288 g/mol. The molecule has 1 heterocycles. The van der Waals surface area contributed by atoms with Gasteiger partial charge in [-0.1, -0.05) is 16.7 Å². The highest BCUT2D eigenvalue weighted by Crippen LogP contribution is 2.19. The van der Waals surface area contributed by atoms with Gasteiger partial charge in [-0.2, -0.15) is 8.42 Å². The summed E-state index contributed by atoms with van der Waals surface area (Å²) in [6, 6.07) is 1.26. The first-order valence-electron chi connectivity index (χ1n) is 5.84. The second kappa shape index (κ2) is 5.52. The van der Waals surface area contributed by atoms with E-state index in [0.29, 0.717) is 0 Å². The molecule has 8 heteroatoms. The Balaban J connectivity index is 2.07. The van der Waals surface area contributed by atoms with Crippen molar-refractivity contribution in [3.63, 3.8) is 0 Å². The molecule has 1 aliphatic rings. The summed E-state index contributed by atoms with van der Waals surface area (Å²) in [6.07, 6.45) is 6.28. The van der Waals surface area contributed by atoms with Gasteiger partial charge in [-0.05, 0) is 18.9 Å². The molecule has 1 aliphatic carbocycles. The van der Waals surface area contributed by atoms with Crippen LogP contribution in [0.2, 0.25) is 0 Å². The lowest BCUT2D eigenvalue weighted by Crippen LogP contribution is -2.32. The maximum atomic E-state index is 12.4.